The second-order valence-corrected chi connectivity index (χ2v) is 6.18. The van der Waals surface area contributed by atoms with Gasteiger partial charge in [-0.15, -0.1) is 0 Å². The standard InChI is InChI=1S/C15H17ClO4/c1-8(2)11-12(15(14(17)18)4-3-5-15)9(16)6-10-13(11)20-7-19-10/h6,8H,3-5,7H2,1-2H3,(H,17,18). The van der Waals surface area contributed by atoms with E-state index in [2.05, 4.69) is 0 Å². The Morgan fingerprint density at radius 2 is 2.10 bits per heavy atom. The summed E-state index contributed by atoms with van der Waals surface area (Å²) in [6.45, 7) is 4.20. The first-order chi connectivity index (χ1) is 9.47. The average molecular weight is 297 g/mol. The van der Waals surface area contributed by atoms with Crippen LogP contribution in [0.15, 0.2) is 6.07 Å². The van der Waals surface area contributed by atoms with Crippen molar-refractivity contribution in [3.63, 3.8) is 0 Å². The smallest absolute Gasteiger partial charge is 0.314 e. The van der Waals surface area contributed by atoms with Crippen molar-refractivity contribution in [3.8, 4) is 11.5 Å². The van der Waals surface area contributed by atoms with Crippen LogP contribution in [0.4, 0.5) is 0 Å². The molecule has 0 saturated heterocycles. The van der Waals surface area contributed by atoms with E-state index in [1.54, 1.807) is 6.07 Å². The molecule has 4 nitrogen and oxygen atoms in total. The van der Waals surface area contributed by atoms with Crippen molar-refractivity contribution >= 4 is 17.6 Å². The van der Waals surface area contributed by atoms with E-state index in [1.165, 1.54) is 0 Å². The molecule has 20 heavy (non-hydrogen) atoms. The number of ether oxygens (including phenoxy) is 2. The largest absolute Gasteiger partial charge is 0.481 e. The molecule has 1 N–H and O–H groups in total. The molecule has 3 rings (SSSR count). The van der Waals surface area contributed by atoms with Crippen LogP contribution < -0.4 is 9.47 Å². The van der Waals surface area contributed by atoms with Gasteiger partial charge in [-0.05, 0) is 24.3 Å². The fourth-order valence-corrected chi connectivity index (χ4v) is 3.56. The van der Waals surface area contributed by atoms with E-state index in [4.69, 9.17) is 21.1 Å². The second-order valence-electron chi connectivity index (χ2n) is 5.78. The zero-order valence-electron chi connectivity index (χ0n) is 11.5. The summed E-state index contributed by atoms with van der Waals surface area (Å²) in [7, 11) is 0. The van der Waals surface area contributed by atoms with Crippen molar-refractivity contribution in [2.45, 2.75) is 44.4 Å². The van der Waals surface area contributed by atoms with Crippen LogP contribution in [0.5, 0.6) is 11.5 Å². The zero-order valence-corrected chi connectivity index (χ0v) is 12.3. The lowest BCUT2D eigenvalue weighted by molar-refractivity contribution is -0.147. The number of halogens is 1. The molecule has 108 valence electrons. The van der Waals surface area contributed by atoms with Gasteiger partial charge in [0.05, 0.1) is 5.41 Å². The van der Waals surface area contributed by atoms with Crippen LogP contribution >= 0.6 is 11.6 Å². The highest BCUT2D eigenvalue weighted by Gasteiger charge is 2.50. The molecule has 0 unspecified atom stereocenters. The van der Waals surface area contributed by atoms with Crippen LogP contribution in [-0.2, 0) is 10.2 Å². The van der Waals surface area contributed by atoms with Crippen molar-refractivity contribution in [2.75, 3.05) is 6.79 Å². The quantitative estimate of drug-likeness (QED) is 0.924. The first-order valence-corrected chi connectivity index (χ1v) is 7.21. The predicted molar refractivity (Wildman–Crippen MR) is 74.8 cm³/mol. The van der Waals surface area contributed by atoms with Crippen LogP contribution in [0.3, 0.4) is 0 Å². The maximum atomic E-state index is 11.8. The topological polar surface area (TPSA) is 55.8 Å². The molecule has 0 amide bonds. The first-order valence-electron chi connectivity index (χ1n) is 6.83. The molecule has 0 spiro atoms. The number of hydrogen-bond donors (Lipinski definition) is 1. The fourth-order valence-electron chi connectivity index (χ4n) is 3.17. The third-order valence-electron chi connectivity index (χ3n) is 4.32. The van der Waals surface area contributed by atoms with E-state index in [-0.39, 0.29) is 12.7 Å². The maximum Gasteiger partial charge on any atom is 0.314 e. The van der Waals surface area contributed by atoms with Crippen LogP contribution in [-0.4, -0.2) is 17.9 Å². The molecule has 1 heterocycles. The molecule has 1 aliphatic heterocycles. The van der Waals surface area contributed by atoms with Crippen molar-refractivity contribution in [3.05, 3.63) is 22.2 Å². The molecule has 1 aromatic carbocycles. The monoisotopic (exact) mass is 296 g/mol. The van der Waals surface area contributed by atoms with Gasteiger partial charge >= 0.3 is 5.97 Å². The number of carboxylic acid groups (broad SMARTS) is 1. The van der Waals surface area contributed by atoms with Crippen LogP contribution in [0, 0.1) is 0 Å². The minimum Gasteiger partial charge on any atom is -0.481 e. The molecule has 0 aromatic heterocycles. The summed E-state index contributed by atoms with van der Waals surface area (Å²) < 4.78 is 11.0. The highest BCUT2D eigenvalue weighted by molar-refractivity contribution is 6.32. The van der Waals surface area contributed by atoms with Gasteiger partial charge in [-0.2, -0.15) is 0 Å². The third kappa shape index (κ3) is 1.71. The van der Waals surface area contributed by atoms with Crippen molar-refractivity contribution in [1.82, 2.24) is 0 Å². The molecule has 1 saturated carbocycles. The Kier molecular flexibility index (Phi) is 3.09. The molecule has 0 atom stereocenters. The zero-order chi connectivity index (χ0) is 14.5. The average Bonchev–Trinajstić information content (AvgIpc) is 2.74. The van der Waals surface area contributed by atoms with Gasteiger partial charge in [-0.3, -0.25) is 4.79 Å². The van der Waals surface area contributed by atoms with Crippen molar-refractivity contribution < 1.29 is 19.4 Å². The molecule has 2 aliphatic rings. The van der Waals surface area contributed by atoms with E-state index in [0.717, 1.165) is 17.5 Å². The summed E-state index contributed by atoms with van der Waals surface area (Å²) in [5, 5.41) is 10.2. The number of aliphatic carboxylic acids is 1. The van der Waals surface area contributed by atoms with Crippen LogP contribution in [0.1, 0.15) is 50.2 Å². The number of rotatable bonds is 3. The summed E-state index contributed by atoms with van der Waals surface area (Å²) in [5.74, 6) is 0.594. The van der Waals surface area contributed by atoms with E-state index >= 15 is 0 Å². The Balaban J connectivity index is 2.27. The van der Waals surface area contributed by atoms with Crippen LogP contribution in [0.25, 0.3) is 0 Å². The molecule has 5 heteroatoms. The highest BCUT2D eigenvalue weighted by Crippen LogP contribution is 2.54. The molecule has 1 fully saturated rings. The lowest BCUT2D eigenvalue weighted by Crippen LogP contribution is -2.43. The number of fused-ring (bicyclic) bond motifs is 1. The first kappa shape index (κ1) is 13.6. The predicted octanol–water partition coefficient (Wildman–Crippen LogP) is 3.70. The summed E-state index contributed by atoms with van der Waals surface area (Å²) in [4.78, 5) is 11.8. The Bertz CT molecular complexity index is 576. The second kappa shape index (κ2) is 4.55. The van der Waals surface area contributed by atoms with E-state index in [1.807, 2.05) is 13.8 Å². The maximum absolute atomic E-state index is 11.8. The highest BCUT2D eigenvalue weighted by atomic mass is 35.5. The molecular weight excluding hydrogens is 280 g/mol. The summed E-state index contributed by atoms with van der Waals surface area (Å²) in [5.41, 5.74) is 0.738. The van der Waals surface area contributed by atoms with E-state index in [9.17, 15) is 9.90 Å². The SMILES string of the molecule is CC(C)c1c2c(cc(Cl)c1C1(C(=O)O)CCC1)OCO2. The number of hydrogen-bond acceptors (Lipinski definition) is 3. The number of carboxylic acids is 1. The molecular formula is C15H17ClO4. The Hall–Kier alpha value is -1.42. The van der Waals surface area contributed by atoms with Gasteiger partial charge in [0.1, 0.15) is 0 Å². The Morgan fingerprint density at radius 3 is 2.60 bits per heavy atom. The van der Waals surface area contributed by atoms with Crippen molar-refractivity contribution in [2.24, 2.45) is 0 Å². The number of carbonyl (C=O) groups is 1. The lowest BCUT2D eigenvalue weighted by Gasteiger charge is -2.40. The lowest BCUT2D eigenvalue weighted by atomic mass is 9.62. The third-order valence-corrected chi connectivity index (χ3v) is 4.62. The van der Waals surface area contributed by atoms with Gasteiger partial charge in [0.25, 0.3) is 0 Å². The van der Waals surface area contributed by atoms with Crippen LogP contribution in [0.2, 0.25) is 5.02 Å². The molecule has 0 radical (unpaired) electrons. The molecule has 1 aromatic rings. The van der Waals surface area contributed by atoms with Gasteiger partial charge in [0.2, 0.25) is 6.79 Å². The Labute approximate surface area is 122 Å². The van der Waals surface area contributed by atoms with Gasteiger partial charge in [0.15, 0.2) is 11.5 Å². The number of benzene rings is 1. The van der Waals surface area contributed by atoms with E-state index in [0.29, 0.717) is 29.4 Å². The van der Waals surface area contributed by atoms with Gasteiger partial charge in [0, 0.05) is 16.7 Å². The van der Waals surface area contributed by atoms with E-state index < -0.39 is 11.4 Å². The minimum atomic E-state index is -0.863. The fraction of sp³-hybridized carbons (Fsp3) is 0.533. The van der Waals surface area contributed by atoms with Gasteiger partial charge in [-0.1, -0.05) is 31.9 Å². The Morgan fingerprint density at radius 1 is 1.40 bits per heavy atom. The van der Waals surface area contributed by atoms with Gasteiger partial charge in [-0.25, -0.2) is 0 Å². The molecule has 1 aliphatic carbocycles. The summed E-state index contributed by atoms with van der Waals surface area (Å²) >= 11 is 6.40. The summed E-state index contributed by atoms with van der Waals surface area (Å²) in [6.07, 6.45) is 2.16. The van der Waals surface area contributed by atoms with Gasteiger partial charge < -0.3 is 14.6 Å². The summed E-state index contributed by atoms with van der Waals surface area (Å²) in [6, 6.07) is 1.69. The normalized spacial score (nSPS) is 19.0. The molecule has 0 bridgehead atoms. The minimum absolute atomic E-state index is 0.121. The van der Waals surface area contributed by atoms with Crippen molar-refractivity contribution in [1.29, 1.82) is 0 Å².